The molecule has 2 aromatic rings. The van der Waals surface area contributed by atoms with Gasteiger partial charge in [-0.1, -0.05) is 0 Å². The average molecular weight is 444 g/mol. The molecule has 32 heavy (non-hydrogen) atoms. The van der Waals surface area contributed by atoms with Crippen LogP contribution in [0.3, 0.4) is 0 Å². The number of piperazine rings is 2. The molecule has 2 saturated heterocycles. The Morgan fingerprint density at radius 2 is 1.88 bits per heavy atom. The van der Waals surface area contributed by atoms with E-state index in [9.17, 15) is 14.7 Å². The van der Waals surface area contributed by atoms with Crippen molar-refractivity contribution in [1.82, 2.24) is 24.6 Å². The molecule has 2 atom stereocenters. The number of hydrogen-bond donors (Lipinski definition) is 2. The summed E-state index contributed by atoms with van der Waals surface area (Å²) in [6.07, 6.45) is 0. The fraction of sp³-hybridized carbons (Fsp3) is 0.565. The molecule has 1 aromatic heterocycles. The molecule has 2 aliphatic rings. The Bertz CT molecular complexity index is 982. The van der Waals surface area contributed by atoms with Crippen LogP contribution in [-0.4, -0.2) is 108 Å². The number of amides is 2. The molecule has 174 valence electrons. The van der Waals surface area contributed by atoms with Gasteiger partial charge in [-0.15, -0.1) is 0 Å². The summed E-state index contributed by atoms with van der Waals surface area (Å²) in [5.41, 5.74) is 1.58. The number of ether oxygens (including phenoxy) is 1. The van der Waals surface area contributed by atoms with Gasteiger partial charge in [-0.25, -0.2) is 0 Å². The lowest BCUT2D eigenvalue weighted by Crippen LogP contribution is -2.60. The van der Waals surface area contributed by atoms with Gasteiger partial charge in [0.15, 0.2) is 0 Å². The largest absolute Gasteiger partial charge is 0.497 e. The van der Waals surface area contributed by atoms with Crippen molar-refractivity contribution in [3.05, 3.63) is 30.0 Å². The van der Waals surface area contributed by atoms with E-state index in [1.807, 2.05) is 45.7 Å². The molecule has 0 saturated carbocycles. The van der Waals surface area contributed by atoms with Crippen molar-refractivity contribution in [2.75, 3.05) is 59.5 Å². The molecule has 2 N–H and O–H groups in total. The van der Waals surface area contributed by atoms with E-state index in [-0.39, 0.29) is 24.5 Å². The highest BCUT2D eigenvalue weighted by atomic mass is 16.5. The van der Waals surface area contributed by atoms with Gasteiger partial charge < -0.3 is 29.5 Å². The van der Waals surface area contributed by atoms with Gasteiger partial charge in [-0.2, -0.15) is 0 Å². The smallest absolute Gasteiger partial charge is 0.270 e. The number of aliphatic hydroxyl groups is 1. The standard InChI is InChI=1S/C23H33N5O4/c1-16-13-28(18(15-29)12-24-16)14-22(30)26-6-8-27(9-7-26)23(31)21-10-17-4-5-19(32-3)11-20(17)25(21)2/h4-5,10-11,16,18,24,29H,6-9,12-15H2,1-3H3/t16-,18-/m1/s1. The van der Waals surface area contributed by atoms with Gasteiger partial charge in [0.2, 0.25) is 5.91 Å². The highest BCUT2D eigenvalue weighted by Crippen LogP contribution is 2.25. The first-order valence-corrected chi connectivity index (χ1v) is 11.2. The van der Waals surface area contributed by atoms with Crippen molar-refractivity contribution in [1.29, 1.82) is 0 Å². The highest BCUT2D eigenvalue weighted by Gasteiger charge is 2.31. The van der Waals surface area contributed by atoms with Crippen molar-refractivity contribution >= 4 is 22.7 Å². The van der Waals surface area contributed by atoms with Gasteiger partial charge in [-0.05, 0) is 25.1 Å². The number of aromatic nitrogens is 1. The SMILES string of the molecule is COc1ccc2cc(C(=O)N3CCN(C(=O)CN4C[C@@H](C)NC[C@@H]4CO)CC3)n(C)c2c1. The number of nitrogens with zero attached hydrogens (tertiary/aromatic N) is 4. The first-order chi connectivity index (χ1) is 15.4. The van der Waals surface area contributed by atoms with Crippen molar-refractivity contribution in [3.8, 4) is 5.75 Å². The Labute approximate surface area is 188 Å². The third-order valence-corrected chi connectivity index (χ3v) is 6.67. The number of carbonyl (C=O) groups is 2. The van der Waals surface area contributed by atoms with Crippen LogP contribution in [0.1, 0.15) is 17.4 Å². The van der Waals surface area contributed by atoms with Crippen LogP contribution in [0.4, 0.5) is 0 Å². The number of rotatable bonds is 5. The van der Waals surface area contributed by atoms with E-state index in [0.717, 1.165) is 23.2 Å². The molecular formula is C23H33N5O4. The minimum Gasteiger partial charge on any atom is -0.497 e. The van der Waals surface area contributed by atoms with Crippen LogP contribution in [0.25, 0.3) is 10.9 Å². The second-order valence-corrected chi connectivity index (χ2v) is 8.76. The van der Waals surface area contributed by atoms with Crippen LogP contribution in [0.15, 0.2) is 24.3 Å². The van der Waals surface area contributed by atoms with Gasteiger partial charge >= 0.3 is 0 Å². The van der Waals surface area contributed by atoms with Gasteiger partial charge in [-0.3, -0.25) is 14.5 Å². The van der Waals surface area contributed by atoms with Crippen molar-refractivity contribution in [2.24, 2.45) is 7.05 Å². The zero-order valence-electron chi connectivity index (χ0n) is 19.1. The molecule has 0 radical (unpaired) electrons. The predicted octanol–water partition coefficient (Wildman–Crippen LogP) is 0.126. The second kappa shape index (κ2) is 9.48. The van der Waals surface area contributed by atoms with E-state index in [4.69, 9.17) is 4.74 Å². The quantitative estimate of drug-likeness (QED) is 0.683. The maximum absolute atomic E-state index is 13.2. The predicted molar refractivity (Wildman–Crippen MR) is 122 cm³/mol. The molecule has 0 bridgehead atoms. The van der Waals surface area contributed by atoms with E-state index in [1.165, 1.54) is 0 Å². The van der Waals surface area contributed by atoms with E-state index < -0.39 is 0 Å². The van der Waals surface area contributed by atoms with Gasteiger partial charge in [0, 0.05) is 69.9 Å². The van der Waals surface area contributed by atoms with E-state index in [2.05, 4.69) is 17.1 Å². The molecule has 0 aliphatic carbocycles. The lowest BCUT2D eigenvalue weighted by atomic mass is 10.1. The lowest BCUT2D eigenvalue weighted by molar-refractivity contribution is -0.135. The topological polar surface area (TPSA) is 90.3 Å². The minimum absolute atomic E-state index is 0.0222. The van der Waals surface area contributed by atoms with E-state index in [0.29, 0.717) is 51.0 Å². The summed E-state index contributed by atoms with van der Waals surface area (Å²) in [7, 11) is 3.52. The summed E-state index contributed by atoms with van der Waals surface area (Å²) in [6, 6.07) is 7.94. The molecule has 2 amide bonds. The molecule has 2 fully saturated rings. The monoisotopic (exact) mass is 443 g/mol. The lowest BCUT2D eigenvalue weighted by Gasteiger charge is -2.40. The van der Waals surface area contributed by atoms with Crippen molar-refractivity contribution in [2.45, 2.75) is 19.0 Å². The minimum atomic E-state index is -0.0388. The Hall–Kier alpha value is -2.62. The maximum Gasteiger partial charge on any atom is 0.270 e. The zero-order valence-corrected chi connectivity index (χ0v) is 19.1. The molecule has 3 heterocycles. The fourth-order valence-corrected chi connectivity index (χ4v) is 4.64. The van der Waals surface area contributed by atoms with E-state index >= 15 is 0 Å². The first-order valence-electron chi connectivity index (χ1n) is 11.2. The van der Waals surface area contributed by atoms with Crippen molar-refractivity contribution in [3.63, 3.8) is 0 Å². The van der Waals surface area contributed by atoms with Crippen molar-refractivity contribution < 1.29 is 19.4 Å². The van der Waals surface area contributed by atoms with E-state index in [1.54, 1.807) is 7.11 Å². The van der Waals surface area contributed by atoms with Crippen LogP contribution < -0.4 is 10.1 Å². The number of carbonyl (C=O) groups excluding carboxylic acids is 2. The van der Waals surface area contributed by atoms with Crippen LogP contribution in [0, 0.1) is 0 Å². The Balaban J connectivity index is 1.37. The van der Waals surface area contributed by atoms with Gasteiger partial charge in [0.1, 0.15) is 11.4 Å². The Morgan fingerprint density at radius 1 is 1.16 bits per heavy atom. The maximum atomic E-state index is 13.2. The van der Waals surface area contributed by atoms with Crippen LogP contribution in [-0.2, 0) is 11.8 Å². The van der Waals surface area contributed by atoms with Gasteiger partial charge in [0.25, 0.3) is 5.91 Å². The number of hydrogen-bond acceptors (Lipinski definition) is 6. The Kier molecular flexibility index (Phi) is 6.68. The highest BCUT2D eigenvalue weighted by molar-refractivity contribution is 5.99. The number of methoxy groups -OCH3 is 1. The normalized spacial score (nSPS) is 22.4. The zero-order chi connectivity index (χ0) is 22.8. The molecule has 2 aliphatic heterocycles. The third-order valence-electron chi connectivity index (χ3n) is 6.67. The molecule has 0 unspecified atom stereocenters. The number of aryl methyl sites for hydroxylation is 1. The molecule has 4 rings (SSSR count). The summed E-state index contributed by atoms with van der Waals surface area (Å²) in [6.45, 7) is 5.90. The second-order valence-electron chi connectivity index (χ2n) is 8.76. The summed E-state index contributed by atoms with van der Waals surface area (Å²) >= 11 is 0. The fourth-order valence-electron chi connectivity index (χ4n) is 4.64. The number of benzene rings is 1. The van der Waals surface area contributed by atoms with Gasteiger partial charge in [0.05, 0.1) is 25.8 Å². The van der Waals surface area contributed by atoms with Crippen LogP contribution >= 0.6 is 0 Å². The molecule has 9 nitrogen and oxygen atoms in total. The summed E-state index contributed by atoms with van der Waals surface area (Å²) < 4.78 is 7.21. The average Bonchev–Trinajstić information content (AvgIpc) is 3.14. The van der Waals surface area contributed by atoms with Crippen LogP contribution in [0.5, 0.6) is 5.75 Å². The van der Waals surface area contributed by atoms with Crippen LogP contribution in [0.2, 0.25) is 0 Å². The molecular weight excluding hydrogens is 410 g/mol. The summed E-state index contributed by atoms with van der Waals surface area (Å²) in [5.74, 6) is 0.791. The number of nitrogens with one attached hydrogen (secondary N) is 1. The third kappa shape index (κ3) is 4.46. The molecule has 0 spiro atoms. The summed E-state index contributed by atoms with van der Waals surface area (Å²) in [5, 5.41) is 14.0. The number of aliphatic hydroxyl groups excluding tert-OH is 1. The molecule has 1 aromatic carbocycles. The summed E-state index contributed by atoms with van der Waals surface area (Å²) in [4.78, 5) is 31.8. The molecule has 9 heteroatoms. The Morgan fingerprint density at radius 3 is 2.56 bits per heavy atom. The first kappa shape index (κ1) is 22.6. The number of fused-ring (bicyclic) bond motifs is 1.